The number of aromatic nitrogens is 1. The SMILES string of the molecule is CCCCCCCCCCCCCCCC(=O)OC[C@H](COP(=O)([O-])OCCCC(=O)COc1ccc2nc1CN(CC(=O)O)CCN(CC(=O)O)CCN(CC(=O)O)C2)OC(=O)CCCCCCCCCCCCCCC.[Gd+3]. The van der Waals surface area contributed by atoms with Gasteiger partial charge in [0, 0.05) is 58.5 Å². The van der Waals surface area contributed by atoms with Crippen LogP contribution in [0.4, 0.5) is 0 Å². The number of rotatable bonds is 48. The van der Waals surface area contributed by atoms with Crippen molar-refractivity contribution in [3.8, 4) is 5.75 Å². The summed E-state index contributed by atoms with van der Waals surface area (Å²) >= 11 is 0. The van der Waals surface area contributed by atoms with Gasteiger partial charge < -0.3 is 43.5 Å². The van der Waals surface area contributed by atoms with E-state index in [2.05, 4.69) is 18.8 Å². The van der Waals surface area contributed by atoms with Gasteiger partial charge >= 0.3 is 69.8 Å². The zero-order chi connectivity index (χ0) is 57.1. The average molecular weight is 1280 g/mol. The molecule has 1 aliphatic rings. The maximum Gasteiger partial charge on any atom is 3.00 e. The molecule has 0 saturated heterocycles. The van der Waals surface area contributed by atoms with Gasteiger partial charge in [0.05, 0.1) is 44.2 Å². The number of aliphatic carboxylic acids is 3. The van der Waals surface area contributed by atoms with Gasteiger partial charge in [0.15, 0.2) is 11.9 Å². The van der Waals surface area contributed by atoms with Crippen LogP contribution >= 0.6 is 7.82 Å². The van der Waals surface area contributed by atoms with E-state index in [0.717, 1.165) is 44.9 Å². The summed E-state index contributed by atoms with van der Waals surface area (Å²) in [5, 5.41) is 28.7. The molecule has 20 nitrogen and oxygen atoms in total. The number of hydrogen-bond donors (Lipinski definition) is 3. The maximum atomic E-state index is 13.0. The van der Waals surface area contributed by atoms with Crippen molar-refractivity contribution < 1.29 is 117 Å². The van der Waals surface area contributed by atoms with Crippen molar-refractivity contribution in [2.45, 2.75) is 226 Å². The molecule has 0 aromatic carbocycles. The molecular weight excluding hydrogens is 1180 g/mol. The van der Waals surface area contributed by atoms with E-state index in [9.17, 15) is 53.5 Å². The minimum absolute atomic E-state index is 0. The molecule has 1 aliphatic heterocycles. The quantitative estimate of drug-likeness (QED) is 0.0311. The number of unbranched alkanes of at least 4 members (excludes halogenated alkanes) is 24. The van der Waals surface area contributed by atoms with Crippen LogP contribution < -0.4 is 9.63 Å². The van der Waals surface area contributed by atoms with Crippen molar-refractivity contribution in [2.75, 3.05) is 72.2 Å². The molecule has 0 amide bonds. The largest absolute Gasteiger partial charge is 3.00 e. The first kappa shape index (κ1) is 74.3. The molecule has 1 aromatic rings. The molecule has 2 atom stereocenters. The molecule has 22 heteroatoms. The zero-order valence-electron chi connectivity index (χ0n) is 47.9. The molecule has 3 N–H and O–H groups in total. The smallest absolute Gasteiger partial charge is 0.756 e. The van der Waals surface area contributed by atoms with Crippen LogP contribution in [0.15, 0.2) is 12.1 Å². The fraction of sp³-hybridized carbons (Fsp3) is 0.807. The molecule has 2 heterocycles. The van der Waals surface area contributed by atoms with Gasteiger partial charge in [0.2, 0.25) is 0 Å². The Morgan fingerprint density at radius 1 is 0.557 bits per heavy atom. The average Bonchev–Trinajstić information content (AvgIpc) is 3.40. The second kappa shape index (κ2) is 47.7. The summed E-state index contributed by atoms with van der Waals surface area (Å²) < 4.78 is 39.9. The van der Waals surface area contributed by atoms with Gasteiger partial charge in [-0.2, -0.15) is 0 Å². The summed E-state index contributed by atoms with van der Waals surface area (Å²) in [7, 11) is -4.97. The second-order valence-electron chi connectivity index (χ2n) is 20.9. The van der Waals surface area contributed by atoms with Crippen LogP contribution in [-0.4, -0.2) is 149 Å². The van der Waals surface area contributed by atoms with Crippen LogP contribution in [0.25, 0.3) is 0 Å². The zero-order valence-corrected chi connectivity index (χ0v) is 51.0. The normalized spacial score (nSPS) is 14.7. The fourth-order valence-electron chi connectivity index (χ4n) is 9.23. The number of Topliss-reactive ketones (excluding diaryl/α,β-unsaturated/α-hetero) is 1. The molecule has 2 bridgehead atoms. The number of phosphoric acid groups is 1. The molecular formula is C57H98GdN4O16P+2. The predicted octanol–water partition coefficient (Wildman–Crippen LogP) is 9.90. The van der Waals surface area contributed by atoms with E-state index in [1.165, 1.54) is 109 Å². The molecule has 453 valence electrons. The van der Waals surface area contributed by atoms with E-state index in [1.54, 1.807) is 26.8 Å². The summed E-state index contributed by atoms with van der Waals surface area (Å²) in [6, 6.07) is 3.16. The molecule has 2 rings (SSSR count). The monoisotopic (exact) mass is 1280 g/mol. The van der Waals surface area contributed by atoms with E-state index < -0.39 is 75.9 Å². The van der Waals surface area contributed by atoms with Crippen molar-refractivity contribution >= 4 is 43.5 Å². The summed E-state index contributed by atoms with van der Waals surface area (Å²) in [6.07, 6.45) is 29.1. The third-order valence-corrected chi connectivity index (χ3v) is 14.6. The van der Waals surface area contributed by atoms with Gasteiger partial charge in [-0.15, -0.1) is 0 Å². The second-order valence-corrected chi connectivity index (χ2v) is 22.3. The Morgan fingerprint density at radius 3 is 1.47 bits per heavy atom. The number of carboxylic acids is 3. The molecule has 1 radical (unpaired) electrons. The summed E-state index contributed by atoms with van der Waals surface area (Å²) in [5.41, 5.74) is 0.728. The molecule has 0 fully saturated rings. The van der Waals surface area contributed by atoms with Crippen LogP contribution in [0.1, 0.15) is 218 Å². The third kappa shape index (κ3) is 41.9. The number of fused-ring (bicyclic) bond motifs is 2. The molecule has 79 heavy (non-hydrogen) atoms. The van der Waals surface area contributed by atoms with Crippen LogP contribution in [0.3, 0.4) is 0 Å². The minimum Gasteiger partial charge on any atom is -0.756 e. The van der Waals surface area contributed by atoms with Crippen molar-refractivity contribution in [1.29, 1.82) is 0 Å². The summed E-state index contributed by atoms with van der Waals surface area (Å²) in [5.74, 6) is -4.57. The predicted molar refractivity (Wildman–Crippen MR) is 295 cm³/mol. The van der Waals surface area contributed by atoms with Crippen molar-refractivity contribution in [3.05, 3.63) is 23.5 Å². The van der Waals surface area contributed by atoms with E-state index in [4.69, 9.17) is 23.3 Å². The number of pyridine rings is 1. The van der Waals surface area contributed by atoms with E-state index in [-0.39, 0.29) is 136 Å². The Hall–Kier alpha value is -2.72. The molecule has 1 unspecified atom stereocenters. The molecule has 1 aromatic heterocycles. The maximum absolute atomic E-state index is 13.0. The van der Waals surface area contributed by atoms with Crippen LogP contribution in [0.5, 0.6) is 5.75 Å². The van der Waals surface area contributed by atoms with Gasteiger partial charge in [-0.25, -0.2) is 0 Å². The summed E-state index contributed by atoms with van der Waals surface area (Å²) in [4.78, 5) is 95.9. The van der Waals surface area contributed by atoms with Gasteiger partial charge in [-0.3, -0.25) is 53.0 Å². The Kier molecular flexibility index (Phi) is 44.9. The number of ether oxygens (including phenoxy) is 3. The number of esters is 2. The van der Waals surface area contributed by atoms with Crippen molar-refractivity contribution in [1.82, 2.24) is 19.7 Å². The Morgan fingerprint density at radius 2 is 0.987 bits per heavy atom. The fourth-order valence-corrected chi connectivity index (χ4v) is 10.0. The van der Waals surface area contributed by atoms with Crippen LogP contribution in [0.2, 0.25) is 0 Å². The molecule has 0 saturated carbocycles. The Labute approximate surface area is 503 Å². The van der Waals surface area contributed by atoms with Crippen LogP contribution in [0, 0.1) is 39.9 Å². The number of nitrogens with zero attached hydrogens (tertiary/aromatic N) is 4. The van der Waals surface area contributed by atoms with Gasteiger partial charge in [0.25, 0.3) is 7.82 Å². The minimum atomic E-state index is -4.97. The van der Waals surface area contributed by atoms with E-state index >= 15 is 0 Å². The van der Waals surface area contributed by atoms with E-state index in [0.29, 0.717) is 18.5 Å². The number of hydrogen-bond acceptors (Lipinski definition) is 17. The molecule has 0 spiro atoms. The topological polar surface area (TPSA) is 272 Å². The Balaban J connectivity index is 0.0000312. The summed E-state index contributed by atoms with van der Waals surface area (Å²) in [6.45, 7) is 2.27. The Bertz CT molecular complexity index is 1880. The van der Waals surface area contributed by atoms with Gasteiger partial charge in [0.1, 0.15) is 19.0 Å². The van der Waals surface area contributed by atoms with Crippen molar-refractivity contribution in [3.63, 3.8) is 0 Å². The van der Waals surface area contributed by atoms with Gasteiger partial charge in [-0.05, 0) is 31.4 Å². The number of carboxylic acid groups (broad SMARTS) is 3. The first-order valence-corrected chi connectivity index (χ1v) is 31.0. The third-order valence-electron chi connectivity index (χ3n) is 13.6. The first-order valence-electron chi connectivity index (χ1n) is 29.5. The molecule has 0 aliphatic carbocycles. The number of phosphoric ester groups is 1. The number of carbonyl (C=O) groups excluding carboxylic acids is 3. The van der Waals surface area contributed by atoms with Gasteiger partial charge in [-0.1, -0.05) is 168 Å². The van der Waals surface area contributed by atoms with E-state index in [1.807, 2.05) is 0 Å². The first-order chi connectivity index (χ1) is 37.6. The number of ketones is 1. The number of carbonyl (C=O) groups is 6. The van der Waals surface area contributed by atoms with Crippen molar-refractivity contribution in [2.24, 2.45) is 0 Å². The van der Waals surface area contributed by atoms with Crippen LogP contribution in [-0.2, 0) is 64.9 Å². The standard InChI is InChI=1S/C57H99N4O16P.Gd/c1-3-5-7-9-11-13-15-17-19-21-23-25-27-31-56(69)74-46-50(77-57(70)32-28-26-24-22-20-18-16-14-12-10-8-6-4-2)47-76-78(71,72)75-39-29-30-49(62)45-73-52-34-33-48-40-60(43-54(65)66)37-35-59(42-53(63)64)36-38-61(44-55(67)68)41-51(52)58-48;/h33-34,50H,3-32,35-47H2,1-2H3,(H,63,64)(H,65,66)(H,67,68)(H,71,72);/q;+3/p-1/t50-;/m1./s1.